The van der Waals surface area contributed by atoms with Gasteiger partial charge in [0.15, 0.2) is 0 Å². The van der Waals surface area contributed by atoms with E-state index in [1.165, 1.54) is 51.4 Å². The SMILES string of the molecule is CC/C=C\C=C/CCCCCCCCCCO. The third-order valence-electron chi connectivity index (χ3n) is 2.90. The van der Waals surface area contributed by atoms with Crippen LogP contribution >= 0.6 is 0 Å². The van der Waals surface area contributed by atoms with Crippen molar-refractivity contribution in [2.24, 2.45) is 0 Å². The molecule has 0 spiro atoms. The number of aliphatic hydroxyl groups is 1. The Morgan fingerprint density at radius 3 is 1.82 bits per heavy atom. The topological polar surface area (TPSA) is 20.2 Å². The van der Waals surface area contributed by atoms with E-state index >= 15 is 0 Å². The number of hydrogen-bond acceptors (Lipinski definition) is 1. The normalized spacial score (nSPS) is 11.9. The minimum atomic E-state index is 0.360. The summed E-state index contributed by atoms with van der Waals surface area (Å²) in [5.41, 5.74) is 0. The van der Waals surface area contributed by atoms with E-state index in [4.69, 9.17) is 5.11 Å². The minimum absolute atomic E-state index is 0.360. The molecule has 0 aliphatic heterocycles. The van der Waals surface area contributed by atoms with Gasteiger partial charge in [-0.1, -0.05) is 69.8 Å². The number of unbranched alkanes of at least 4 members (excludes halogenated alkanes) is 8. The first kappa shape index (κ1) is 16.4. The van der Waals surface area contributed by atoms with Crippen molar-refractivity contribution in [1.29, 1.82) is 0 Å². The molecular formula is C16H30O. The Balaban J connectivity index is 3.03. The van der Waals surface area contributed by atoms with Gasteiger partial charge in [-0.3, -0.25) is 0 Å². The molecule has 0 amide bonds. The van der Waals surface area contributed by atoms with E-state index in [0.29, 0.717) is 6.61 Å². The summed E-state index contributed by atoms with van der Waals surface area (Å²) in [5, 5.41) is 8.63. The smallest absolute Gasteiger partial charge is 0.0431 e. The van der Waals surface area contributed by atoms with Gasteiger partial charge < -0.3 is 5.11 Å². The van der Waals surface area contributed by atoms with Gasteiger partial charge in [-0.25, -0.2) is 0 Å². The van der Waals surface area contributed by atoms with Gasteiger partial charge in [0.05, 0.1) is 0 Å². The molecule has 0 unspecified atom stereocenters. The summed E-state index contributed by atoms with van der Waals surface area (Å²) in [5.74, 6) is 0. The highest BCUT2D eigenvalue weighted by atomic mass is 16.2. The van der Waals surface area contributed by atoms with Gasteiger partial charge in [0, 0.05) is 6.61 Å². The summed E-state index contributed by atoms with van der Waals surface area (Å²) in [6, 6.07) is 0. The van der Waals surface area contributed by atoms with Crippen LogP contribution in [0, 0.1) is 0 Å². The maximum absolute atomic E-state index is 8.63. The largest absolute Gasteiger partial charge is 0.396 e. The molecule has 0 aromatic rings. The molecule has 0 aromatic heterocycles. The van der Waals surface area contributed by atoms with Crippen LogP contribution in [0.25, 0.3) is 0 Å². The van der Waals surface area contributed by atoms with E-state index in [2.05, 4.69) is 31.2 Å². The van der Waals surface area contributed by atoms with E-state index < -0.39 is 0 Å². The van der Waals surface area contributed by atoms with Gasteiger partial charge in [0.25, 0.3) is 0 Å². The van der Waals surface area contributed by atoms with E-state index in [9.17, 15) is 0 Å². The van der Waals surface area contributed by atoms with Crippen LogP contribution in [0.1, 0.15) is 71.1 Å². The Morgan fingerprint density at radius 2 is 1.24 bits per heavy atom. The molecule has 0 aliphatic carbocycles. The molecule has 0 saturated heterocycles. The average molecular weight is 238 g/mol. The molecule has 0 bridgehead atoms. The maximum Gasteiger partial charge on any atom is 0.0431 e. The Labute approximate surface area is 108 Å². The van der Waals surface area contributed by atoms with Crippen molar-refractivity contribution in [1.82, 2.24) is 0 Å². The highest BCUT2D eigenvalue weighted by Crippen LogP contribution is 2.09. The molecule has 0 atom stereocenters. The lowest BCUT2D eigenvalue weighted by atomic mass is 10.1. The average Bonchev–Trinajstić information content (AvgIpc) is 2.35. The van der Waals surface area contributed by atoms with Gasteiger partial charge in [-0.15, -0.1) is 0 Å². The number of allylic oxidation sites excluding steroid dienone is 4. The van der Waals surface area contributed by atoms with Gasteiger partial charge in [0.1, 0.15) is 0 Å². The van der Waals surface area contributed by atoms with Crippen molar-refractivity contribution in [2.45, 2.75) is 71.1 Å². The summed E-state index contributed by atoms with van der Waals surface area (Å²) < 4.78 is 0. The number of hydrogen-bond donors (Lipinski definition) is 1. The van der Waals surface area contributed by atoms with E-state index in [-0.39, 0.29) is 0 Å². The Kier molecular flexibility index (Phi) is 14.9. The highest BCUT2D eigenvalue weighted by molar-refractivity contribution is 5.01. The van der Waals surface area contributed by atoms with Crippen LogP contribution in [0.5, 0.6) is 0 Å². The van der Waals surface area contributed by atoms with Crippen molar-refractivity contribution in [2.75, 3.05) is 6.61 Å². The molecule has 1 N–H and O–H groups in total. The van der Waals surface area contributed by atoms with Crippen LogP contribution in [0.15, 0.2) is 24.3 Å². The summed E-state index contributed by atoms with van der Waals surface area (Å²) in [6.07, 6.45) is 21.4. The molecule has 0 rings (SSSR count). The van der Waals surface area contributed by atoms with Crippen LogP contribution in [0.4, 0.5) is 0 Å². The van der Waals surface area contributed by atoms with Gasteiger partial charge in [0.2, 0.25) is 0 Å². The molecule has 0 aliphatic rings. The molecule has 1 heteroatoms. The molecule has 0 fully saturated rings. The zero-order valence-electron chi connectivity index (χ0n) is 11.5. The molecule has 0 aromatic carbocycles. The minimum Gasteiger partial charge on any atom is -0.396 e. The summed E-state index contributed by atoms with van der Waals surface area (Å²) in [7, 11) is 0. The van der Waals surface area contributed by atoms with E-state index in [1.807, 2.05) is 0 Å². The molecule has 0 heterocycles. The fourth-order valence-electron chi connectivity index (χ4n) is 1.82. The first-order chi connectivity index (χ1) is 8.41. The van der Waals surface area contributed by atoms with E-state index in [0.717, 1.165) is 12.8 Å². The van der Waals surface area contributed by atoms with E-state index in [1.54, 1.807) is 0 Å². The Hall–Kier alpha value is -0.560. The van der Waals surface area contributed by atoms with Crippen molar-refractivity contribution >= 4 is 0 Å². The summed E-state index contributed by atoms with van der Waals surface area (Å²) in [6.45, 7) is 2.52. The molecule has 100 valence electrons. The second-order valence-corrected chi connectivity index (χ2v) is 4.61. The Bertz CT molecular complexity index is 182. The fourth-order valence-corrected chi connectivity index (χ4v) is 1.82. The van der Waals surface area contributed by atoms with Gasteiger partial charge >= 0.3 is 0 Å². The van der Waals surface area contributed by atoms with Gasteiger partial charge in [-0.2, -0.15) is 0 Å². The Morgan fingerprint density at radius 1 is 0.706 bits per heavy atom. The predicted molar refractivity (Wildman–Crippen MR) is 77.2 cm³/mol. The third kappa shape index (κ3) is 15.4. The highest BCUT2D eigenvalue weighted by Gasteiger charge is 1.91. The zero-order valence-corrected chi connectivity index (χ0v) is 11.5. The monoisotopic (exact) mass is 238 g/mol. The first-order valence-corrected chi connectivity index (χ1v) is 7.34. The lowest BCUT2D eigenvalue weighted by Crippen LogP contribution is -1.84. The standard InChI is InChI=1S/C16H30O/c1-2-3-4-5-6-7-8-9-10-11-12-13-14-15-16-17/h3-6,17H,2,7-16H2,1H3/b4-3-,6-5-. The summed E-state index contributed by atoms with van der Waals surface area (Å²) >= 11 is 0. The van der Waals surface area contributed by atoms with Crippen LogP contribution in [0.3, 0.4) is 0 Å². The zero-order chi connectivity index (χ0) is 12.6. The first-order valence-electron chi connectivity index (χ1n) is 7.34. The molecule has 0 saturated carbocycles. The maximum atomic E-state index is 8.63. The molecule has 17 heavy (non-hydrogen) atoms. The quantitative estimate of drug-likeness (QED) is 0.374. The molecule has 0 radical (unpaired) electrons. The van der Waals surface area contributed by atoms with Crippen LogP contribution in [0.2, 0.25) is 0 Å². The predicted octanol–water partition coefficient (Wildman–Crippen LogP) is 5.01. The van der Waals surface area contributed by atoms with Crippen molar-refractivity contribution in [3.8, 4) is 0 Å². The molecular weight excluding hydrogens is 208 g/mol. The second kappa shape index (κ2) is 15.4. The lowest BCUT2D eigenvalue weighted by molar-refractivity contribution is 0.282. The van der Waals surface area contributed by atoms with Crippen LogP contribution in [-0.2, 0) is 0 Å². The summed E-state index contributed by atoms with van der Waals surface area (Å²) in [4.78, 5) is 0. The van der Waals surface area contributed by atoms with Crippen LogP contribution < -0.4 is 0 Å². The third-order valence-corrected chi connectivity index (χ3v) is 2.90. The van der Waals surface area contributed by atoms with Crippen molar-refractivity contribution < 1.29 is 5.11 Å². The fraction of sp³-hybridized carbons (Fsp3) is 0.750. The lowest BCUT2D eigenvalue weighted by Gasteiger charge is -2.00. The van der Waals surface area contributed by atoms with Crippen LogP contribution in [-0.4, -0.2) is 11.7 Å². The van der Waals surface area contributed by atoms with Crippen molar-refractivity contribution in [3.05, 3.63) is 24.3 Å². The second-order valence-electron chi connectivity index (χ2n) is 4.61. The van der Waals surface area contributed by atoms with Gasteiger partial charge in [-0.05, 0) is 25.7 Å². The molecule has 1 nitrogen and oxygen atoms in total. The number of aliphatic hydroxyl groups excluding tert-OH is 1. The number of rotatable bonds is 12. The van der Waals surface area contributed by atoms with Crippen molar-refractivity contribution in [3.63, 3.8) is 0 Å².